The summed E-state index contributed by atoms with van der Waals surface area (Å²) >= 11 is 0. The predicted molar refractivity (Wildman–Crippen MR) is 129 cm³/mol. The SMILES string of the molecule is CC(C)(C)NC(=O)C(Cc1ccccc1)N(Cc1ccccc1F)C(=O)Cc1ccccc1. The lowest BCUT2D eigenvalue weighted by molar-refractivity contribution is -0.141. The predicted octanol–water partition coefficient (Wildman–Crippen LogP) is 4.92. The molecule has 3 rings (SSSR count). The van der Waals surface area contributed by atoms with E-state index in [1.165, 1.54) is 11.0 Å². The second-order valence-electron chi connectivity index (χ2n) is 9.22. The summed E-state index contributed by atoms with van der Waals surface area (Å²) in [5.41, 5.74) is 1.67. The van der Waals surface area contributed by atoms with E-state index >= 15 is 0 Å². The van der Waals surface area contributed by atoms with Crippen LogP contribution in [0.15, 0.2) is 84.9 Å². The van der Waals surface area contributed by atoms with E-state index in [1.54, 1.807) is 18.2 Å². The van der Waals surface area contributed by atoms with Crippen molar-refractivity contribution >= 4 is 11.8 Å². The Bertz CT molecular complexity index is 1060. The van der Waals surface area contributed by atoms with Gasteiger partial charge in [0.25, 0.3) is 0 Å². The Morgan fingerprint density at radius 3 is 1.97 bits per heavy atom. The van der Waals surface area contributed by atoms with Crippen molar-refractivity contribution in [2.24, 2.45) is 0 Å². The van der Waals surface area contributed by atoms with Crippen molar-refractivity contribution in [3.8, 4) is 0 Å². The average molecular weight is 447 g/mol. The van der Waals surface area contributed by atoms with Crippen LogP contribution in [0.5, 0.6) is 0 Å². The van der Waals surface area contributed by atoms with Gasteiger partial charge in [-0.1, -0.05) is 78.9 Å². The minimum absolute atomic E-state index is 0.00734. The standard InChI is InChI=1S/C28H31FN2O2/c1-28(2,3)30-27(33)25(18-21-12-6-4-7-13-21)31(20-23-16-10-11-17-24(23)29)26(32)19-22-14-8-5-9-15-22/h4-17,25H,18-20H2,1-3H3,(H,30,33). The molecule has 0 saturated carbocycles. The van der Waals surface area contributed by atoms with E-state index in [9.17, 15) is 14.0 Å². The van der Waals surface area contributed by atoms with Crippen LogP contribution in [-0.4, -0.2) is 28.3 Å². The zero-order valence-electron chi connectivity index (χ0n) is 19.4. The number of carbonyl (C=O) groups is 2. The Morgan fingerprint density at radius 2 is 1.39 bits per heavy atom. The number of nitrogens with one attached hydrogen (secondary N) is 1. The molecule has 0 aliphatic heterocycles. The molecule has 3 aromatic carbocycles. The normalized spacial score (nSPS) is 12.1. The molecule has 1 atom stereocenters. The third kappa shape index (κ3) is 7.28. The molecule has 4 nitrogen and oxygen atoms in total. The molecule has 1 N–H and O–H groups in total. The molecule has 1 unspecified atom stereocenters. The van der Waals surface area contributed by atoms with Crippen molar-refractivity contribution in [1.29, 1.82) is 0 Å². The molecule has 0 heterocycles. The van der Waals surface area contributed by atoms with E-state index in [4.69, 9.17) is 0 Å². The zero-order valence-corrected chi connectivity index (χ0v) is 19.4. The topological polar surface area (TPSA) is 49.4 Å². The molecular formula is C28H31FN2O2. The van der Waals surface area contributed by atoms with Crippen LogP contribution >= 0.6 is 0 Å². The number of rotatable bonds is 8. The molecule has 172 valence electrons. The van der Waals surface area contributed by atoms with Crippen molar-refractivity contribution < 1.29 is 14.0 Å². The Balaban J connectivity index is 1.99. The van der Waals surface area contributed by atoms with Gasteiger partial charge in [-0.15, -0.1) is 0 Å². The summed E-state index contributed by atoms with van der Waals surface area (Å²) in [6.45, 7) is 5.71. The quantitative estimate of drug-likeness (QED) is 0.534. The van der Waals surface area contributed by atoms with Gasteiger partial charge in [0.2, 0.25) is 11.8 Å². The highest BCUT2D eigenvalue weighted by Crippen LogP contribution is 2.19. The molecule has 2 amide bonds. The molecule has 0 aliphatic rings. The Kier molecular flexibility index (Phi) is 7.99. The molecule has 0 saturated heterocycles. The van der Waals surface area contributed by atoms with E-state index in [0.717, 1.165) is 11.1 Å². The number of nitrogens with zero attached hydrogens (tertiary/aromatic N) is 1. The Labute approximate surface area is 195 Å². The molecule has 0 radical (unpaired) electrons. The van der Waals surface area contributed by atoms with Crippen molar-refractivity contribution in [2.45, 2.75) is 51.7 Å². The van der Waals surface area contributed by atoms with E-state index in [2.05, 4.69) is 5.32 Å². The smallest absolute Gasteiger partial charge is 0.243 e. The second-order valence-corrected chi connectivity index (χ2v) is 9.22. The molecule has 0 aromatic heterocycles. The fourth-order valence-electron chi connectivity index (χ4n) is 3.69. The fourth-order valence-corrected chi connectivity index (χ4v) is 3.69. The number of benzene rings is 3. The van der Waals surface area contributed by atoms with Crippen LogP contribution in [0.4, 0.5) is 4.39 Å². The summed E-state index contributed by atoms with van der Waals surface area (Å²) in [6.07, 6.45) is 0.459. The fraction of sp³-hybridized carbons (Fsp3) is 0.286. The van der Waals surface area contributed by atoms with Gasteiger partial charge in [-0.25, -0.2) is 4.39 Å². The van der Waals surface area contributed by atoms with Crippen molar-refractivity contribution in [2.75, 3.05) is 0 Å². The first-order valence-corrected chi connectivity index (χ1v) is 11.2. The molecule has 0 aliphatic carbocycles. The van der Waals surface area contributed by atoms with Gasteiger partial charge in [0.1, 0.15) is 11.9 Å². The number of carbonyl (C=O) groups excluding carboxylic acids is 2. The van der Waals surface area contributed by atoms with E-state index in [0.29, 0.717) is 12.0 Å². The highest BCUT2D eigenvalue weighted by molar-refractivity contribution is 5.89. The zero-order chi connectivity index (χ0) is 23.8. The van der Waals surface area contributed by atoms with Crippen LogP contribution in [0.1, 0.15) is 37.5 Å². The highest BCUT2D eigenvalue weighted by atomic mass is 19.1. The van der Waals surface area contributed by atoms with Crippen LogP contribution in [-0.2, 0) is 29.0 Å². The van der Waals surface area contributed by atoms with Gasteiger partial charge < -0.3 is 10.2 Å². The maximum atomic E-state index is 14.6. The third-order valence-electron chi connectivity index (χ3n) is 5.27. The maximum Gasteiger partial charge on any atom is 0.243 e. The molecule has 3 aromatic rings. The van der Waals surface area contributed by atoms with Gasteiger partial charge in [-0.2, -0.15) is 0 Å². The third-order valence-corrected chi connectivity index (χ3v) is 5.27. The van der Waals surface area contributed by atoms with Gasteiger partial charge >= 0.3 is 0 Å². The Hall–Kier alpha value is -3.47. The van der Waals surface area contributed by atoms with Crippen LogP contribution in [0.2, 0.25) is 0 Å². The van der Waals surface area contributed by atoms with Crippen LogP contribution < -0.4 is 5.32 Å². The molecule has 0 bridgehead atoms. The van der Waals surface area contributed by atoms with Crippen molar-refractivity contribution in [3.63, 3.8) is 0 Å². The minimum Gasteiger partial charge on any atom is -0.350 e. The lowest BCUT2D eigenvalue weighted by atomic mass is 9.99. The lowest BCUT2D eigenvalue weighted by Crippen LogP contribution is -2.54. The number of amides is 2. The summed E-state index contributed by atoms with van der Waals surface area (Å²) < 4.78 is 14.6. The van der Waals surface area contributed by atoms with Gasteiger partial charge in [-0.3, -0.25) is 9.59 Å². The molecule has 33 heavy (non-hydrogen) atoms. The largest absolute Gasteiger partial charge is 0.350 e. The summed E-state index contributed by atoms with van der Waals surface area (Å²) in [4.78, 5) is 28.5. The summed E-state index contributed by atoms with van der Waals surface area (Å²) in [7, 11) is 0. The molecule has 0 spiro atoms. The number of halogens is 1. The first kappa shape index (κ1) is 24.2. The van der Waals surface area contributed by atoms with E-state index < -0.39 is 17.4 Å². The van der Waals surface area contributed by atoms with Gasteiger partial charge in [-0.05, 0) is 38.0 Å². The van der Waals surface area contributed by atoms with E-state index in [-0.39, 0.29) is 24.8 Å². The molecule has 0 fully saturated rings. The first-order valence-electron chi connectivity index (χ1n) is 11.2. The van der Waals surface area contributed by atoms with Gasteiger partial charge in [0, 0.05) is 24.1 Å². The summed E-state index contributed by atoms with van der Waals surface area (Å²) in [5.74, 6) is -0.886. The summed E-state index contributed by atoms with van der Waals surface area (Å²) in [6, 6.07) is 24.5. The highest BCUT2D eigenvalue weighted by Gasteiger charge is 2.32. The lowest BCUT2D eigenvalue weighted by Gasteiger charge is -2.34. The van der Waals surface area contributed by atoms with Crippen LogP contribution in [0, 0.1) is 5.82 Å². The van der Waals surface area contributed by atoms with Crippen LogP contribution in [0.25, 0.3) is 0 Å². The average Bonchev–Trinajstić information content (AvgIpc) is 2.77. The van der Waals surface area contributed by atoms with Crippen molar-refractivity contribution in [1.82, 2.24) is 10.2 Å². The van der Waals surface area contributed by atoms with Gasteiger partial charge in [0.05, 0.1) is 6.42 Å². The first-order chi connectivity index (χ1) is 15.7. The van der Waals surface area contributed by atoms with Crippen molar-refractivity contribution in [3.05, 3.63) is 107 Å². The number of hydrogen-bond acceptors (Lipinski definition) is 2. The van der Waals surface area contributed by atoms with Gasteiger partial charge in [0.15, 0.2) is 0 Å². The summed E-state index contributed by atoms with van der Waals surface area (Å²) in [5, 5.41) is 3.01. The van der Waals surface area contributed by atoms with Crippen LogP contribution in [0.3, 0.4) is 0 Å². The Morgan fingerprint density at radius 1 is 0.848 bits per heavy atom. The molecule has 5 heteroatoms. The van der Waals surface area contributed by atoms with E-state index in [1.807, 2.05) is 81.4 Å². The monoisotopic (exact) mass is 446 g/mol. The molecular weight excluding hydrogens is 415 g/mol. The maximum absolute atomic E-state index is 14.6. The minimum atomic E-state index is -0.789. The second kappa shape index (κ2) is 10.9. The number of hydrogen-bond donors (Lipinski definition) is 1.